The zero-order valence-corrected chi connectivity index (χ0v) is 12.7. The summed E-state index contributed by atoms with van der Waals surface area (Å²) in [7, 11) is 0. The van der Waals surface area contributed by atoms with Gasteiger partial charge in [0.15, 0.2) is 0 Å². The zero-order chi connectivity index (χ0) is 13.0. The summed E-state index contributed by atoms with van der Waals surface area (Å²) in [6.07, 6.45) is 2.68. The van der Waals surface area contributed by atoms with E-state index in [1.807, 2.05) is 0 Å². The minimum absolute atomic E-state index is 0.248. The Morgan fingerprint density at radius 2 is 2.06 bits per heavy atom. The summed E-state index contributed by atoms with van der Waals surface area (Å²) < 4.78 is 7.12. The number of ether oxygens (including phenoxy) is 1. The van der Waals surface area contributed by atoms with Crippen LogP contribution >= 0.6 is 15.9 Å². The van der Waals surface area contributed by atoms with Crippen molar-refractivity contribution in [3.8, 4) is 0 Å². The largest absolute Gasteiger partial charge is 0.373 e. The molecule has 0 radical (unpaired) electrons. The molecule has 2 atom stereocenters. The summed E-state index contributed by atoms with van der Waals surface area (Å²) in [6, 6.07) is 9.07. The van der Waals surface area contributed by atoms with Gasteiger partial charge in [0.05, 0.1) is 6.10 Å². The SMILES string of the molecule is CC(C)NCC1CCCOC1c1ccc(Br)cc1. The molecule has 0 amide bonds. The zero-order valence-electron chi connectivity index (χ0n) is 11.2. The number of rotatable bonds is 4. The Labute approximate surface area is 118 Å². The van der Waals surface area contributed by atoms with Crippen molar-refractivity contribution in [2.45, 2.75) is 38.8 Å². The number of halogens is 1. The molecular formula is C15H22BrNO. The maximum atomic E-state index is 5.99. The van der Waals surface area contributed by atoms with Crippen molar-refractivity contribution in [1.29, 1.82) is 0 Å². The Hall–Kier alpha value is -0.380. The maximum Gasteiger partial charge on any atom is 0.0865 e. The predicted octanol–water partition coefficient (Wildman–Crippen LogP) is 3.91. The smallest absolute Gasteiger partial charge is 0.0865 e. The molecule has 3 heteroatoms. The fourth-order valence-electron chi connectivity index (χ4n) is 2.46. The quantitative estimate of drug-likeness (QED) is 0.910. The van der Waals surface area contributed by atoms with Crippen LogP contribution in [0.1, 0.15) is 38.4 Å². The van der Waals surface area contributed by atoms with Gasteiger partial charge in [-0.3, -0.25) is 0 Å². The maximum absolute atomic E-state index is 5.99. The lowest BCUT2D eigenvalue weighted by molar-refractivity contribution is -0.0282. The first-order valence-electron chi connectivity index (χ1n) is 6.77. The molecule has 18 heavy (non-hydrogen) atoms. The van der Waals surface area contributed by atoms with Gasteiger partial charge in [-0.05, 0) is 30.5 Å². The third-order valence-corrected chi connectivity index (χ3v) is 3.96. The Balaban J connectivity index is 2.05. The van der Waals surface area contributed by atoms with Crippen LogP contribution in [0.25, 0.3) is 0 Å². The van der Waals surface area contributed by atoms with E-state index < -0.39 is 0 Å². The molecule has 1 aromatic rings. The van der Waals surface area contributed by atoms with Crippen molar-refractivity contribution in [2.24, 2.45) is 5.92 Å². The molecule has 0 aromatic heterocycles. The van der Waals surface area contributed by atoms with Crippen molar-refractivity contribution >= 4 is 15.9 Å². The fraction of sp³-hybridized carbons (Fsp3) is 0.600. The third kappa shape index (κ3) is 3.81. The summed E-state index contributed by atoms with van der Waals surface area (Å²) in [6.45, 7) is 6.31. The number of benzene rings is 1. The van der Waals surface area contributed by atoms with E-state index >= 15 is 0 Å². The van der Waals surface area contributed by atoms with Crippen LogP contribution in [0.5, 0.6) is 0 Å². The lowest BCUT2D eigenvalue weighted by Crippen LogP contribution is -2.35. The summed E-state index contributed by atoms with van der Waals surface area (Å²) in [5, 5.41) is 3.54. The van der Waals surface area contributed by atoms with Crippen LogP contribution in [0.15, 0.2) is 28.7 Å². The standard InChI is InChI=1S/C15H22BrNO/c1-11(2)17-10-13-4-3-9-18-15(13)12-5-7-14(16)8-6-12/h5-8,11,13,15,17H,3-4,9-10H2,1-2H3. The third-order valence-electron chi connectivity index (χ3n) is 3.43. The average Bonchev–Trinajstić information content (AvgIpc) is 2.38. The topological polar surface area (TPSA) is 21.3 Å². The van der Waals surface area contributed by atoms with E-state index in [4.69, 9.17) is 4.74 Å². The van der Waals surface area contributed by atoms with Crippen LogP contribution in [0, 0.1) is 5.92 Å². The first kappa shape index (κ1) is 14.0. The second-order valence-corrected chi connectivity index (χ2v) is 6.22. The lowest BCUT2D eigenvalue weighted by Gasteiger charge is -2.33. The van der Waals surface area contributed by atoms with Crippen molar-refractivity contribution in [3.05, 3.63) is 34.3 Å². The van der Waals surface area contributed by atoms with E-state index in [1.165, 1.54) is 18.4 Å². The van der Waals surface area contributed by atoms with E-state index in [0.29, 0.717) is 12.0 Å². The first-order chi connectivity index (χ1) is 8.66. The Bertz CT molecular complexity index is 363. The summed E-state index contributed by atoms with van der Waals surface area (Å²) in [4.78, 5) is 0. The molecular weight excluding hydrogens is 290 g/mol. The minimum Gasteiger partial charge on any atom is -0.373 e. The molecule has 2 nitrogen and oxygen atoms in total. The van der Waals surface area contributed by atoms with Crippen LogP contribution in [0.3, 0.4) is 0 Å². The molecule has 2 rings (SSSR count). The van der Waals surface area contributed by atoms with Crippen molar-refractivity contribution < 1.29 is 4.74 Å². The highest BCUT2D eigenvalue weighted by Crippen LogP contribution is 2.33. The van der Waals surface area contributed by atoms with E-state index in [9.17, 15) is 0 Å². The molecule has 1 N–H and O–H groups in total. The van der Waals surface area contributed by atoms with Crippen LogP contribution < -0.4 is 5.32 Å². The molecule has 2 unspecified atom stereocenters. The van der Waals surface area contributed by atoms with Crippen LogP contribution in [-0.2, 0) is 4.74 Å². The van der Waals surface area contributed by atoms with Crippen LogP contribution in [-0.4, -0.2) is 19.2 Å². The highest BCUT2D eigenvalue weighted by Gasteiger charge is 2.27. The van der Waals surface area contributed by atoms with Crippen LogP contribution in [0.4, 0.5) is 0 Å². The van der Waals surface area contributed by atoms with Gasteiger partial charge in [0, 0.05) is 29.6 Å². The molecule has 1 saturated heterocycles. The van der Waals surface area contributed by atoms with Crippen LogP contribution in [0.2, 0.25) is 0 Å². The Morgan fingerprint density at radius 3 is 2.72 bits per heavy atom. The van der Waals surface area contributed by atoms with Gasteiger partial charge in [-0.25, -0.2) is 0 Å². The van der Waals surface area contributed by atoms with E-state index in [1.54, 1.807) is 0 Å². The summed E-state index contributed by atoms with van der Waals surface area (Å²) in [5.41, 5.74) is 1.30. The Kier molecular flexibility index (Phi) is 5.22. The second kappa shape index (κ2) is 6.69. The number of nitrogens with one attached hydrogen (secondary N) is 1. The monoisotopic (exact) mass is 311 g/mol. The molecule has 0 saturated carbocycles. The first-order valence-corrected chi connectivity index (χ1v) is 7.56. The Morgan fingerprint density at radius 1 is 1.33 bits per heavy atom. The van der Waals surface area contributed by atoms with E-state index in [0.717, 1.165) is 17.6 Å². The normalized spacial score (nSPS) is 24.4. The van der Waals surface area contributed by atoms with Crippen molar-refractivity contribution in [2.75, 3.05) is 13.2 Å². The van der Waals surface area contributed by atoms with Gasteiger partial charge in [-0.1, -0.05) is 41.9 Å². The van der Waals surface area contributed by atoms with Gasteiger partial charge in [0.2, 0.25) is 0 Å². The minimum atomic E-state index is 0.248. The van der Waals surface area contributed by atoms with Gasteiger partial charge in [-0.2, -0.15) is 0 Å². The average molecular weight is 312 g/mol. The molecule has 0 bridgehead atoms. The molecule has 1 aliphatic heterocycles. The lowest BCUT2D eigenvalue weighted by atomic mass is 9.89. The molecule has 0 spiro atoms. The molecule has 1 heterocycles. The van der Waals surface area contributed by atoms with E-state index in [2.05, 4.69) is 59.4 Å². The number of hydrogen-bond donors (Lipinski definition) is 1. The van der Waals surface area contributed by atoms with Crippen molar-refractivity contribution in [1.82, 2.24) is 5.32 Å². The fourth-order valence-corrected chi connectivity index (χ4v) is 2.72. The highest BCUT2D eigenvalue weighted by molar-refractivity contribution is 9.10. The van der Waals surface area contributed by atoms with Gasteiger partial charge in [-0.15, -0.1) is 0 Å². The van der Waals surface area contributed by atoms with Crippen molar-refractivity contribution in [3.63, 3.8) is 0 Å². The second-order valence-electron chi connectivity index (χ2n) is 5.31. The summed E-state index contributed by atoms with van der Waals surface area (Å²) >= 11 is 3.48. The van der Waals surface area contributed by atoms with Gasteiger partial charge < -0.3 is 10.1 Å². The molecule has 1 fully saturated rings. The molecule has 1 aromatic carbocycles. The van der Waals surface area contributed by atoms with Gasteiger partial charge in [0.25, 0.3) is 0 Å². The number of hydrogen-bond acceptors (Lipinski definition) is 2. The summed E-state index contributed by atoms with van der Waals surface area (Å²) in [5.74, 6) is 0.585. The van der Waals surface area contributed by atoms with Gasteiger partial charge in [0.1, 0.15) is 0 Å². The molecule has 1 aliphatic rings. The predicted molar refractivity (Wildman–Crippen MR) is 78.7 cm³/mol. The highest BCUT2D eigenvalue weighted by atomic mass is 79.9. The molecule has 0 aliphatic carbocycles. The van der Waals surface area contributed by atoms with E-state index in [-0.39, 0.29) is 6.10 Å². The molecule has 100 valence electrons. The van der Waals surface area contributed by atoms with Gasteiger partial charge >= 0.3 is 0 Å².